The second-order valence-electron chi connectivity index (χ2n) is 8.92. The molecule has 0 fully saturated rings. The van der Waals surface area contributed by atoms with Crippen molar-refractivity contribution in [3.8, 4) is 6.07 Å². The fourth-order valence-corrected chi connectivity index (χ4v) is 4.27. The molecule has 0 radical (unpaired) electrons. The molecular weight excluding hydrogens is 430 g/mol. The molecule has 2 heterocycles. The number of ether oxygens (including phenoxy) is 1. The Balaban J connectivity index is 1.76. The normalized spacial score (nSPS) is 12.9. The second-order valence-corrected chi connectivity index (χ2v) is 8.92. The molecule has 0 aliphatic heterocycles. The number of carbonyl (C=O) groups is 2. The zero-order valence-electron chi connectivity index (χ0n) is 20.0. The highest BCUT2D eigenvalue weighted by molar-refractivity contribution is 6.09. The van der Waals surface area contributed by atoms with E-state index in [0.717, 1.165) is 24.1 Å². The average Bonchev–Trinajstić information content (AvgIpc) is 3.08. The molecule has 0 saturated heterocycles. The van der Waals surface area contributed by atoms with E-state index < -0.39 is 5.97 Å². The van der Waals surface area contributed by atoms with E-state index in [1.807, 2.05) is 48.9 Å². The maximum atomic E-state index is 13.3. The van der Waals surface area contributed by atoms with E-state index in [0.29, 0.717) is 35.2 Å². The van der Waals surface area contributed by atoms with Crippen LogP contribution in [-0.4, -0.2) is 32.5 Å². The Morgan fingerprint density at radius 3 is 2.62 bits per heavy atom. The number of fused-ring (bicyclic) bond motifs is 1. The number of aryl methyl sites for hydroxylation is 1. The van der Waals surface area contributed by atoms with Gasteiger partial charge in [-0.2, -0.15) is 5.26 Å². The van der Waals surface area contributed by atoms with Gasteiger partial charge in [-0.3, -0.25) is 9.59 Å². The molecule has 7 heteroatoms. The highest BCUT2D eigenvalue weighted by atomic mass is 16.5. The van der Waals surface area contributed by atoms with Crippen LogP contribution in [0.1, 0.15) is 66.7 Å². The monoisotopic (exact) mass is 461 g/mol. The molecular formula is C27H31N3O4. The molecule has 0 aliphatic carbocycles. The average molecular weight is 462 g/mol. The van der Waals surface area contributed by atoms with Crippen LogP contribution in [0.15, 0.2) is 42.6 Å². The van der Waals surface area contributed by atoms with Gasteiger partial charge in [-0.1, -0.05) is 37.3 Å². The Hall–Kier alpha value is -3.50. The zero-order chi connectivity index (χ0) is 24.7. The number of ketones is 1. The Bertz CT molecular complexity index is 1190. The Kier molecular flexibility index (Phi) is 8.55. The van der Waals surface area contributed by atoms with Crippen molar-refractivity contribution in [2.24, 2.45) is 13.0 Å². The molecule has 2 atom stereocenters. The van der Waals surface area contributed by atoms with Crippen LogP contribution < -0.4 is 0 Å². The number of aliphatic carboxylic acids is 1. The van der Waals surface area contributed by atoms with Gasteiger partial charge >= 0.3 is 5.97 Å². The largest absolute Gasteiger partial charge is 0.481 e. The molecule has 7 nitrogen and oxygen atoms in total. The summed E-state index contributed by atoms with van der Waals surface area (Å²) in [5.74, 6) is -1.32. The van der Waals surface area contributed by atoms with Crippen LogP contribution in [0.4, 0.5) is 0 Å². The van der Waals surface area contributed by atoms with Gasteiger partial charge in [0.1, 0.15) is 11.7 Å². The first-order chi connectivity index (χ1) is 16.3. The molecule has 0 aliphatic rings. The summed E-state index contributed by atoms with van der Waals surface area (Å²) in [4.78, 5) is 28.8. The number of hydrogen-bond acceptors (Lipinski definition) is 5. The molecule has 0 spiro atoms. The van der Waals surface area contributed by atoms with Crippen molar-refractivity contribution in [3.63, 3.8) is 0 Å². The number of carboxylic acids is 1. The Morgan fingerprint density at radius 2 is 1.94 bits per heavy atom. The van der Waals surface area contributed by atoms with Crippen LogP contribution in [0.25, 0.3) is 11.0 Å². The number of nitrogens with zero attached hydrogens (tertiary/aromatic N) is 3. The summed E-state index contributed by atoms with van der Waals surface area (Å²) in [6.07, 6.45) is 3.93. The lowest BCUT2D eigenvalue weighted by atomic mass is 9.94. The van der Waals surface area contributed by atoms with E-state index >= 15 is 0 Å². The van der Waals surface area contributed by atoms with Gasteiger partial charge < -0.3 is 14.4 Å². The molecule has 2 aromatic heterocycles. The predicted molar refractivity (Wildman–Crippen MR) is 129 cm³/mol. The van der Waals surface area contributed by atoms with Crippen LogP contribution in [0, 0.1) is 17.2 Å². The number of nitriles is 1. The molecule has 1 aromatic carbocycles. The number of benzene rings is 1. The van der Waals surface area contributed by atoms with Gasteiger partial charge in [-0.25, -0.2) is 4.98 Å². The third-order valence-electron chi connectivity index (χ3n) is 6.01. The van der Waals surface area contributed by atoms with Gasteiger partial charge in [0.25, 0.3) is 0 Å². The summed E-state index contributed by atoms with van der Waals surface area (Å²) in [7, 11) is 1.88. The van der Waals surface area contributed by atoms with Crippen molar-refractivity contribution in [2.75, 3.05) is 0 Å². The first kappa shape index (κ1) is 25.1. The summed E-state index contributed by atoms with van der Waals surface area (Å²) >= 11 is 0. The van der Waals surface area contributed by atoms with Gasteiger partial charge in [0, 0.05) is 42.7 Å². The maximum absolute atomic E-state index is 13.3. The molecule has 2 unspecified atom stereocenters. The topological polar surface area (TPSA) is 105 Å². The number of Topliss-reactive ketones (excluding diaryl/α,β-unsaturated/α-hetero) is 1. The number of rotatable bonds is 12. The number of aromatic nitrogens is 2. The lowest BCUT2D eigenvalue weighted by Gasteiger charge is -2.14. The summed E-state index contributed by atoms with van der Waals surface area (Å²) in [6, 6.07) is 13.8. The Labute approximate surface area is 200 Å². The number of carbonyl (C=O) groups excluding carboxylic acids is 1. The minimum atomic E-state index is -0.920. The van der Waals surface area contributed by atoms with E-state index in [1.165, 1.54) is 6.20 Å². The quantitative estimate of drug-likeness (QED) is 0.378. The van der Waals surface area contributed by atoms with Crippen molar-refractivity contribution in [1.29, 1.82) is 5.26 Å². The molecule has 1 N–H and O–H groups in total. The van der Waals surface area contributed by atoms with E-state index in [1.54, 1.807) is 13.0 Å². The molecule has 3 rings (SSSR count). The number of pyridine rings is 1. The van der Waals surface area contributed by atoms with Crippen molar-refractivity contribution >= 4 is 22.8 Å². The smallest absolute Gasteiger partial charge is 0.303 e. The first-order valence-electron chi connectivity index (χ1n) is 11.6. The lowest BCUT2D eigenvalue weighted by molar-refractivity contribution is -0.137. The van der Waals surface area contributed by atoms with Gasteiger partial charge in [0.05, 0.1) is 18.3 Å². The van der Waals surface area contributed by atoms with Gasteiger partial charge in [-0.15, -0.1) is 0 Å². The standard InChI is InChI=1S/C27H31N3O4/c1-18(13-25(32)33)12-24(31)26-22-14-21(15-28)16-29-27(22)30(3)23(26)11-7-8-19(2)34-17-20-9-5-4-6-10-20/h4-6,9-10,14,16,18-19H,7-8,11-13,17H2,1-3H3,(H,32,33). The van der Waals surface area contributed by atoms with Gasteiger partial charge in [0.15, 0.2) is 5.78 Å². The summed E-state index contributed by atoms with van der Waals surface area (Å²) in [5.41, 5.74) is 3.58. The molecule has 34 heavy (non-hydrogen) atoms. The van der Waals surface area contributed by atoms with Crippen molar-refractivity contribution in [3.05, 3.63) is 65.0 Å². The first-order valence-corrected chi connectivity index (χ1v) is 11.6. The predicted octanol–water partition coefficient (Wildman–Crippen LogP) is 5.06. The highest BCUT2D eigenvalue weighted by Gasteiger charge is 2.24. The van der Waals surface area contributed by atoms with E-state index in [2.05, 4.69) is 11.1 Å². The third kappa shape index (κ3) is 6.30. The molecule has 0 bridgehead atoms. The third-order valence-corrected chi connectivity index (χ3v) is 6.01. The summed E-state index contributed by atoms with van der Waals surface area (Å²) in [6.45, 7) is 4.37. The minimum absolute atomic E-state index is 0.0629. The summed E-state index contributed by atoms with van der Waals surface area (Å²) in [5, 5.41) is 19.0. The van der Waals surface area contributed by atoms with Crippen molar-refractivity contribution in [2.45, 2.75) is 58.7 Å². The van der Waals surface area contributed by atoms with Crippen molar-refractivity contribution in [1.82, 2.24) is 9.55 Å². The lowest BCUT2D eigenvalue weighted by Crippen LogP contribution is -2.13. The highest BCUT2D eigenvalue weighted by Crippen LogP contribution is 2.29. The minimum Gasteiger partial charge on any atom is -0.481 e. The van der Waals surface area contributed by atoms with Crippen molar-refractivity contribution < 1.29 is 19.4 Å². The van der Waals surface area contributed by atoms with Crippen LogP contribution in [-0.2, 0) is 29.6 Å². The van der Waals surface area contributed by atoms with Crippen LogP contribution in [0.5, 0.6) is 0 Å². The fourth-order valence-electron chi connectivity index (χ4n) is 4.27. The molecule has 0 saturated carbocycles. The molecule has 3 aromatic rings. The van der Waals surface area contributed by atoms with Gasteiger partial charge in [0.2, 0.25) is 0 Å². The van der Waals surface area contributed by atoms with Crippen LogP contribution in [0.3, 0.4) is 0 Å². The second kappa shape index (κ2) is 11.6. The number of carboxylic acid groups (broad SMARTS) is 1. The number of hydrogen-bond donors (Lipinski definition) is 1. The molecule has 178 valence electrons. The van der Waals surface area contributed by atoms with E-state index in [4.69, 9.17) is 9.84 Å². The summed E-state index contributed by atoms with van der Waals surface area (Å²) < 4.78 is 7.89. The SMILES string of the molecule is CC(CC(=O)O)CC(=O)c1c(CCCC(C)OCc2ccccc2)n(C)c2ncc(C#N)cc12. The Morgan fingerprint density at radius 1 is 1.21 bits per heavy atom. The molecule has 0 amide bonds. The zero-order valence-corrected chi connectivity index (χ0v) is 20.0. The van der Waals surface area contributed by atoms with E-state index in [9.17, 15) is 14.9 Å². The van der Waals surface area contributed by atoms with E-state index in [-0.39, 0.29) is 30.6 Å². The van der Waals surface area contributed by atoms with Crippen LogP contribution in [0.2, 0.25) is 0 Å². The maximum Gasteiger partial charge on any atom is 0.303 e. The fraction of sp³-hybridized carbons (Fsp3) is 0.407. The van der Waals surface area contributed by atoms with Gasteiger partial charge in [-0.05, 0) is 43.7 Å². The van der Waals surface area contributed by atoms with Crippen LogP contribution >= 0.6 is 0 Å².